The average molecular weight is 385 g/mol. The SMILES string of the molecule is COc1cc(/C(O)=C(\C#N)C(=O)N(C)c2cncnc2C)cc([N+](=O)[O-])c1O. The molecule has 0 aliphatic carbocycles. The van der Waals surface area contributed by atoms with Crippen molar-refractivity contribution in [3.8, 4) is 17.6 Å². The Kier molecular flexibility index (Phi) is 5.75. The molecule has 2 aromatic rings. The summed E-state index contributed by atoms with van der Waals surface area (Å²) in [4.78, 5) is 31.7. The second-order valence-electron chi connectivity index (χ2n) is 5.50. The van der Waals surface area contributed by atoms with Gasteiger partial charge in [0.05, 0.1) is 29.6 Å². The van der Waals surface area contributed by atoms with Crippen LogP contribution in [0.25, 0.3) is 5.76 Å². The summed E-state index contributed by atoms with van der Waals surface area (Å²) in [5, 5.41) is 40.8. The van der Waals surface area contributed by atoms with Crippen LogP contribution >= 0.6 is 0 Å². The highest BCUT2D eigenvalue weighted by molar-refractivity contribution is 6.12. The number of carbonyl (C=O) groups excluding carboxylic acids is 1. The Hall–Kier alpha value is -4.20. The summed E-state index contributed by atoms with van der Waals surface area (Å²) < 4.78 is 4.85. The van der Waals surface area contributed by atoms with Gasteiger partial charge in [-0.3, -0.25) is 14.9 Å². The number of carbonyl (C=O) groups is 1. The van der Waals surface area contributed by atoms with Gasteiger partial charge in [-0.1, -0.05) is 0 Å². The van der Waals surface area contributed by atoms with Crippen LogP contribution in [-0.2, 0) is 4.79 Å². The maximum absolute atomic E-state index is 12.7. The predicted molar refractivity (Wildman–Crippen MR) is 96.7 cm³/mol. The molecule has 0 aliphatic rings. The highest BCUT2D eigenvalue weighted by Crippen LogP contribution is 2.38. The number of aromatic nitrogens is 2. The molecule has 144 valence electrons. The van der Waals surface area contributed by atoms with E-state index >= 15 is 0 Å². The number of ether oxygens (including phenoxy) is 1. The number of rotatable bonds is 5. The van der Waals surface area contributed by atoms with E-state index in [9.17, 15) is 30.4 Å². The molecule has 11 heteroatoms. The molecule has 2 rings (SSSR count). The van der Waals surface area contributed by atoms with Crippen molar-refractivity contribution in [3.05, 3.63) is 51.6 Å². The lowest BCUT2D eigenvalue weighted by atomic mass is 10.1. The molecule has 28 heavy (non-hydrogen) atoms. The number of phenolic OH excluding ortho intramolecular Hbond substituents is 1. The monoisotopic (exact) mass is 385 g/mol. The van der Waals surface area contributed by atoms with Gasteiger partial charge in [0, 0.05) is 18.7 Å². The van der Waals surface area contributed by atoms with Gasteiger partial charge in [-0.2, -0.15) is 5.26 Å². The molecular formula is C17H15N5O6. The highest BCUT2D eigenvalue weighted by Gasteiger charge is 2.26. The number of nitro benzene ring substituents is 1. The molecule has 11 nitrogen and oxygen atoms in total. The summed E-state index contributed by atoms with van der Waals surface area (Å²) in [6.45, 7) is 1.63. The highest BCUT2D eigenvalue weighted by atomic mass is 16.6. The number of anilines is 1. The first-order valence-corrected chi connectivity index (χ1v) is 7.66. The zero-order valence-electron chi connectivity index (χ0n) is 15.1. The fourth-order valence-corrected chi connectivity index (χ4v) is 2.36. The summed E-state index contributed by atoms with van der Waals surface area (Å²) in [7, 11) is 2.52. The average Bonchev–Trinajstić information content (AvgIpc) is 2.68. The predicted octanol–water partition coefficient (Wildman–Crippen LogP) is 1.86. The van der Waals surface area contributed by atoms with Crippen LogP contribution in [0.15, 0.2) is 30.2 Å². The first-order valence-electron chi connectivity index (χ1n) is 7.66. The molecule has 0 atom stereocenters. The van der Waals surface area contributed by atoms with Crippen LogP contribution in [-0.4, -0.2) is 45.2 Å². The van der Waals surface area contributed by atoms with Gasteiger partial charge in [0.15, 0.2) is 11.3 Å². The number of likely N-dealkylation sites (N-methyl/N-ethyl adjacent to an activating group) is 1. The van der Waals surface area contributed by atoms with Crippen LogP contribution < -0.4 is 9.64 Å². The molecule has 1 amide bonds. The first kappa shape index (κ1) is 20.1. The van der Waals surface area contributed by atoms with Crippen LogP contribution in [0.4, 0.5) is 11.4 Å². The number of amides is 1. The number of aliphatic hydroxyl groups is 1. The second kappa shape index (κ2) is 8.00. The molecule has 0 aliphatic heterocycles. The molecule has 1 aromatic heterocycles. The van der Waals surface area contributed by atoms with Crippen molar-refractivity contribution in [2.24, 2.45) is 0 Å². The number of hydrogen-bond donors (Lipinski definition) is 2. The van der Waals surface area contributed by atoms with Crippen molar-refractivity contribution >= 4 is 23.0 Å². The fraction of sp³-hybridized carbons (Fsp3) is 0.176. The van der Waals surface area contributed by atoms with Gasteiger partial charge in [-0.25, -0.2) is 9.97 Å². The van der Waals surface area contributed by atoms with Crippen molar-refractivity contribution in [3.63, 3.8) is 0 Å². The maximum atomic E-state index is 12.7. The Morgan fingerprint density at radius 1 is 1.43 bits per heavy atom. The number of methoxy groups -OCH3 is 1. The van der Waals surface area contributed by atoms with E-state index in [4.69, 9.17) is 4.74 Å². The molecular weight excluding hydrogens is 370 g/mol. The number of hydrogen-bond acceptors (Lipinski definition) is 9. The minimum atomic E-state index is -0.890. The number of nitriles is 1. The lowest BCUT2D eigenvalue weighted by Gasteiger charge is -2.18. The minimum absolute atomic E-state index is 0.249. The van der Waals surface area contributed by atoms with Gasteiger partial charge < -0.3 is 19.8 Å². The summed E-state index contributed by atoms with van der Waals surface area (Å²) in [5.41, 5.74) is -0.910. The topological polar surface area (TPSA) is 163 Å². The minimum Gasteiger partial charge on any atom is -0.506 e. The smallest absolute Gasteiger partial charge is 0.315 e. The van der Waals surface area contributed by atoms with E-state index in [-0.39, 0.29) is 11.3 Å². The van der Waals surface area contributed by atoms with Gasteiger partial charge in [-0.15, -0.1) is 0 Å². The largest absolute Gasteiger partial charge is 0.506 e. The van der Waals surface area contributed by atoms with E-state index in [1.54, 1.807) is 13.0 Å². The third-order valence-electron chi connectivity index (χ3n) is 3.86. The summed E-state index contributed by atoms with van der Waals surface area (Å²) >= 11 is 0. The summed E-state index contributed by atoms with van der Waals surface area (Å²) in [5.74, 6) is -2.74. The van der Waals surface area contributed by atoms with Crippen molar-refractivity contribution in [1.29, 1.82) is 5.26 Å². The fourth-order valence-electron chi connectivity index (χ4n) is 2.36. The number of benzene rings is 1. The molecule has 2 N–H and O–H groups in total. The number of aromatic hydroxyl groups is 1. The molecule has 0 saturated carbocycles. The Bertz CT molecular complexity index is 1030. The lowest BCUT2D eigenvalue weighted by Crippen LogP contribution is -2.29. The van der Waals surface area contributed by atoms with E-state index in [0.29, 0.717) is 11.4 Å². The van der Waals surface area contributed by atoms with Crippen LogP contribution in [0, 0.1) is 28.4 Å². The van der Waals surface area contributed by atoms with E-state index in [1.165, 1.54) is 19.6 Å². The van der Waals surface area contributed by atoms with E-state index in [1.807, 2.05) is 0 Å². The Balaban J connectivity index is 2.59. The van der Waals surface area contributed by atoms with Gasteiger partial charge in [0.1, 0.15) is 18.2 Å². The zero-order valence-corrected chi connectivity index (χ0v) is 15.1. The quantitative estimate of drug-likeness (QED) is 0.257. The second-order valence-corrected chi connectivity index (χ2v) is 5.50. The molecule has 0 fully saturated rings. The lowest BCUT2D eigenvalue weighted by molar-refractivity contribution is -0.386. The molecule has 0 unspecified atom stereocenters. The van der Waals surface area contributed by atoms with Crippen molar-refractivity contribution < 1.29 is 24.7 Å². The molecule has 0 bridgehead atoms. The van der Waals surface area contributed by atoms with Crippen LogP contribution in [0.3, 0.4) is 0 Å². The first-order chi connectivity index (χ1) is 13.2. The Morgan fingerprint density at radius 3 is 2.64 bits per heavy atom. The molecule has 0 spiro atoms. The third-order valence-corrected chi connectivity index (χ3v) is 3.86. The summed E-state index contributed by atoms with van der Waals surface area (Å²) in [6, 6.07) is 3.49. The van der Waals surface area contributed by atoms with Crippen molar-refractivity contribution in [2.75, 3.05) is 19.1 Å². The van der Waals surface area contributed by atoms with E-state index < -0.39 is 33.6 Å². The number of nitrogens with zero attached hydrogens (tertiary/aromatic N) is 5. The molecule has 1 heterocycles. The molecule has 0 saturated heterocycles. The Labute approximate surface area is 158 Å². The number of phenols is 1. The van der Waals surface area contributed by atoms with E-state index in [0.717, 1.165) is 24.1 Å². The van der Waals surface area contributed by atoms with Crippen molar-refractivity contribution in [2.45, 2.75) is 6.92 Å². The number of nitro groups is 1. The normalized spacial score (nSPS) is 11.2. The van der Waals surface area contributed by atoms with Gasteiger partial charge in [0.2, 0.25) is 5.75 Å². The maximum Gasteiger partial charge on any atom is 0.315 e. The molecule has 0 radical (unpaired) electrons. The number of aryl methyl sites for hydroxylation is 1. The van der Waals surface area contributed by atoms with E-state index in [2.05, 4.69) is 9.97 Å². The van der Waals surface area contributed by atoms with Crippen molar-refractivity contribution in [1.82, 2.24) is 9.97 Å². The third kappa shape index (κ3) is 3.65. The standard InChI is InChI=1S/C17H15N5O6/c1-9-13(7-19-8-20-9)21(2)17(25)11(6-18)15(23)10-4-12(22(26)27)16(24)14(5-10)28-3/h4-5,7-8,23-24H,1-3H3/b15-11-. The van der Waals surface area contributed by atoms with Crippen LogP contribution in [0.2, 0.25) is 0 Å². The van der Waals surface area contributed by atoms with Gasteiger partial charge in [-0.05, 0) is 13.0 Å². The number of aliphatic hydroxyl groups excluding tert-OH is 1. The van der Waals surface area contributed by atoms with Crippen LogP contribution in [0.5, 0.6) is 11.5 Å². The van der Waals surface area contributed by atoms with Crippen LogP contribution in [0.1, 0.15) is 11.3 Å². The van der Waals surface area contributed by atoms with Gasteiger partial charge in [0.25, 0.3) is 5.91 Å². The summed E-state index contributed by atoms with van der Waals surface area (Å²) in [6.07, 6.45) is 2.65. The zero-order chi connectivity index (χ0) is 21.0. The van der Waals surface area contributed by atoms with Gasteiger partial charge >= 0.3 is 5.69 Å². The Morgan fingerprint density at radius 2 is 2.11 bits per heavy atom. The molecule has 1 aromatic carbocycles.